The molecule has 154 valence electrons. The molecule has 1 aliphatic rings. The molecule has 2 amide bonds. The average molecular weight is 415 g/mol. The normalized spacial score (nSPS) is 16.2. The maximum atomic E-state index is 12.5. The van der Waals surface area contributed by atoms with E-state index in [9.17, 15) is 9.59 Å². The number of hydrogen-bond donors (Lipinski definition) is 2. The number of carbonyl (C=O) groups excluding carboxylic acids is 2. The Balaban J connectivity index is 1.43. The molecule has 2 N–H and O–H groups in total. The molecule has 7 heteroatoms. The highest BCUT2D eigenvalue weighted by molar-refractivity contribution is 6.30. The van der Waals surface area contributed by atoms with Crippen molar-refractivity contribution in [2.24, 2.45) is 0 Å². The summed E-state index contributed by atoms with van der Waals surface area (Å²) in [4.78, 5) is 29.1. The zero-order valence-corrected chi connectivity index (χ0v) is 17.6. The largest absolute Gasteiger partial charge is 0.325 e. The fourth-order valence-corrected chi connectivity index (χ4v) is 3.52. The number of carbonyl (C=O) groups is 2. The van der Waals surface area contributed by atoms with Crippen molar-refractivity contribution in [3.8, 4) is 0 Å². The van der Waals surface area contributed by atoms with Crippen LogP contribution >= 0.6 is 11.6 Å². The number of benzene rings is 2. The first-order valence-corrected chi connectivity index (χ1v) is 10.2. The van der Waals surface area contributed by atoms with E-state index in [1.54, 1.807) is 12.1 Å². The quantitative estimate of drug-likeness (QED) is 0.761. The highest BCUT2D eigenvalue weighted by Crippen LogP contribution is 2.16. The Morgan fingerprint density at radius 1 is 1.00 bits per heavy atom. The van der Waals surface area contributed by atoms with Crippen molar-refractivity contribution in [1.82, 2.24) is 9.80 Å². The summed E-state index contributed by atoms with van der Waals surface area (Å²) >= 11 is 5.97. The van der Waals surface area contributed by atoms with Gasteiger partial charge in [0.05, 0.1) is 12.6 Å². The van der Waals surface area contributed by atoms with Crippen LogP contribution in [0.4, 0.5) is 11.4 Å². The first kappa shape index (κ1) is 21.3. The highest BCUT2D eigenvalue weighted by atomic mass is 35.5. The van der Waals surface area contributed by atoms with Gasteiger partial charge in [-0.2, -0.15) is 0 Å². The Morgan fingerprint density at radius 3 is 2.34 bits per heavy atom. The molecule has 0 bridgehead atoms. The molecule has 0 radical (unpaired) electrons. The Bertz CT molecular complexity index is 848. The second-order valence-corrected chi connectivity index (χ2v) is 7.84. The molecule has 3 rings (SSSR count). The van der Waals surface area contributed by atoms with Gasteiger partial charge in [0.1, 0.15) is 0 Å². The third-order valence-electron chi connectivity index (χ3n) is 5.13. The first-order valence-electron chi connectivity index (χ1n) is 9.80. The summed E-state index contributed by atoms with van der Waals surface area (Å²) in [5, 5.41) is 6.43. The van der Waals surface area contributed by atoms with E-state index < -0.39 is 0 Å². The van der Waals surface area contributed by atoms with Gasteiger partial charge in [0.15, 0.2) is 0 Å². The van der Waals surface area contributed by atoms with Gasteiger partial charge < -0.3 is 10.6 Å². The number of hydrogen-bond acceptors (Lipinski definition) is 4. The summed E-state index contributed by atoms with van der Waals surface area (Å²) in [7, 11) is 0. The number of halogens is 1. The second kappa shape index (κ2) is 9.87. The summed E-state index contributed by atoms with van der Waals surface area (Å²) in [6.07, 6.45) is 0. The Labute approximate surface area is 176 Å². The monoisotopic (exact) mass is 414 g/mol. The van der Waals surface area contributed by atoms with Crippen molar-refractivity contribution in [2.45, 2.75) is 19.9 Å². The Kier molecular flexibility index (Phi) is 7.25. The first-order chi connectivity index (χ1) is 13.9. The number of aryl methyl sites for hydroxylation is 1. The van der Waals surface area contributed by atoms with Crippen LogP contribution in [0.3, 0.4) is 0 Å². The van der Waals surface area contributed by atoms with Crippen LogP contribution in [0.1, 0.15) is 12.5 Å². The van der Waals surface area contributed by atoms with Crippen LogP contribution in [0.2, 0.25) is 5.02 Å². The van der Waals surface area contributed by atoms with E-state index in [0.29, 0.717) is 17.3 Å². The van der Waals surface area contributed by atoms with E-state index in [1.165, 1.54) is 0 Å². The summed E-state index contributed by atoms with van der Waals surface area (Å²) < 4.78 is 0. The van der Waals surface area contributed by atoms with Crippen LogP contribution in [0.25, 0.3) is 0 Å². The molecule has 1 unspecified atom stereocenters. The number of amides is 2. The molecular formula is C22H27ClN4O2. The van der Waals surface area contributed by atoms with Crippen molar-refractivity contribution < 1.29 is 9.59 Å². The zero-order valence-electron chi connectivity index (χ0n) is 16.8. The van der Waals surface area contributed by atoms with E-state index in [0.717, 1.165) is 37.4 Å². The molecule has 0 aromatic heterocycles. The highest BCUT2D eigenvalue weighted by Gasteiger charge is 2.26. The summed E-state index contributed by atoms with van der Waals surface area (Å²) in [6, 6.07) is 14.7. The van der Waals surface area contributed by atoms with Gasteiger partial charge in [-0.25, -0.2) is 0 Å². The maximum Gasteiger partial charge on any atom is 0.241 e. The molecule has 0 saturated carbocycles. The lowest BCUT2D eigenvalue weighted by molar-refractivity contribution is -0.122. The third-order valence-corrected chi connectivity index (χ3v) is 5.36. The van der Waals surface area contributed by atoms with Gasteiger partial charge in [0, 0.05) is 42.6 Å². The van der Waals surface area contributed by atoms with Crippen LogP contribution in [0.5, 0.6) is 0 Å². The van der Waals surface area contributed by atoms with Crippen LogP contribution in [-0.4, -0.2) is 60.4 Å². The molecule has 1 aliphatic heterocycles. The molecule has 29 heavy (non-hydrogen) atoms. The van der Waals surface area contributed by atoms with E-state index in [4.69, 9.17) is 11.6 Å². The van der Waals surface area contributed by atoms with Crippen LogP contribution < -0.4 is 10.6 Å². The van der Waals surface area contributed by atoms with E-state index in [2.05, 4.69) is 20.4 Å². The lowest BCUT2D eigenvalue weighted by atomic mass is 10.2. The molecule has 2 aromatic rings. The Morgan fingerprint density at radius 2 is 1.69 bits per heavy atom. The van der Waals surface area contributed by atoms with Gasteiger partial charge in [0.25, 0.3) is 0 Å². The summed E-state index contributed by atoms with van der Waals surface area (Å²) in [5.74, 6) is -0.0770. The predicted octanol–water partition coefficient (Wildman–Crippen LogP) is 3.23. The Hall–Kier alpha value is -2.41. The van der Waals surface area contributed by atoms with Crippen molar-refractivity contribution in [3.63, 3.8) is 0 Å². The van der Waals surface area contributed by atoms with Gasteiger partial charge in [-0.15, -0.1) is 0 Å². The SMILES string of the molecule is Cc1ccc(NC(=O)CN2CCN(C(C)C(=O)Nc3cccc(Cl)c3)CC2)cc1. The minimum Gasteiger partial charge on any atom is -0.325 e. The number of rotatable bonds is 6. The molecule has 6 nitrogen and oxygen atoms in total. The molecular weight excluding hydrogens is 388 g/mol. The molecule has 0 spiro atoms. The van der Waals surface area contributed by atoms with Crippen molar-refractivity contribution in [3.05, 3.63) is 59.1 Å². The van der Waals surface area contributed by atoms with Gasteiger partial charge in [-0.3, -0.25) is 19.4 Å². The molecule has 1 heterocycles. The molecule has 2 aromatic carbocycles. The fourth-order valence-electron chi connectivity index (χ4n) is 3.33. The van der Waals surface area contributed by atoms with Gasteiger partial charge in [0.2, 0.25) is 11.8 Å². The summed E-state index contributed by atoms with van der Waals surface area (Å²) in [5.41, 5.74) is 2.67. The van der Waals surface area contributed by atoms with Crippen molar-refractivity contribution in [1.29, 1.82) is 0 Å². The standard InChI is InChI=1S/C22H27ClN4O2/c1-16-6-8-19(9-7-16)24-21(28)15-26-10-12-27(13-11-26)17(2)22(29)25-20-5-3-4-18(23)14-20/h3-9,14,17H,10-13,15H2,1-2H3,(H,24,28)(H,25,29). The van der Waals surface area contributed by atoms with Crippen LogP contribution in [0.15, 0.2) is 48.5 Å². The van der Waals surface area contributed by atoms with Gasteiger partial charge in [-0.05, 0) is 44.2 Å². The van der Waals surface area contributed by atoms with Crippen molar-refractivity contribution >= 4 is 34.8 Å². The minimum absolute atomic E-state index is 0.0194. The summed E-state index contributed by atoms with van der Waals surface area (Å²) in [6.45, 7) is 7.24. The van der Waals surface area contributed by atoms with Crippen LogP contribution in [0, 0.1) is 6.92 Å². The lowest BCUT2D eigenvalue weighted by Crippen LogP contribution is -2.53. The number of nitrogens with zero attached hydrogens (tertiary/aromatic N) is 2. The predicted molar refractivity (Wildman–Crippen MR) is 117 cm³/mol. The fraction of sp³-hybridized carbons (Fsp3) is 0.364. The maximum absolute atomic E-state index is 12.5. The van der Waals surface area contributed by atoms with Crippen LogP contribution in [-0.2, 0) is 9.59 Å². The smallest absolute Gasteiger partial charge is 0.241 e. The van der Waals surface area contributed by atoms with Gasteiger partial charge >= 0.3 is 0 Å². The number of anilines is 2. The number of piperazine rings is 1. The lowest BCUT2D eigenvalue weighted by Gasteiger charge is -2.37. The zero-order chi connectivity index (χ0) is 20.8. The van der Waals surface area contributed by atoms with E-state index in [1.807, 2.05) is 50.2 Å². The van der Waals surface area contributed by atoms with Gasteiger partial charge in [-0.1, -0.05) is 35.4 Å². The van der Waals surface area contributed by atoms with Crippen molar-refractivity contribution in [2.75, 3.05) is 43.4 Å². The molecule has 1 fully saturated rings. The molecule has 1 atom stereocenters. The van der Waals surface area contributed by atoms with E-state index >= 15 is 0 Å². The number of nitrogens with one attached hydrogen (secondary N) is 2. The average Bonchev–Trinajstić information content (AvgIpc) is 2.70. The topological polar surface area (TPSA) is 64.7 Å². The second-order valence-electron chi connectivity index (χ2n) is 7.40. The van der Waals surface area contributed by atoms with E-state index in [-0.39, 0.29) is 17.9 Å². The molecule has 0 aliphatic carbocycles. The molecule has 1 saturated heterocycles. The third kappa shape index (κ3) is 6.29. The minimum atomic E-state index is -0.252.